The smallest absolute Gasteiger partial charge is 0.339 e. The number of carbonyl (C=O) groups excluding carboxylic acids is 3. The summed E-state index contributed by atoms with van der Waals surface area (Å²) in [5, 5.41) is 9.57. The fraction of sp³-hybridized carbons (Fsp3) is 0.208. The van der Waals surface area contributed by atoms with Crippen LogP contribution in [-0.4, -0.2) is 38.5 Å². The molecule has 0 aliphatic heterocycles. The third-order valence-corrected chi connectivity index (χ3v) is 6.07. The molecule has 0 radical (unpaired) electrons. The summed E-state index contributed by atoms with van der Waals surface area (Å²) in [6.07, 6.45) is -1.09. The van der Waals surface area contributed by atoms with Crippen LogP contribution in [0.5, 0.6) is 0 Å². The van der Waals surface area contributed by atoms with Gasteiger partial charge in [-0.1, -0.05) is 18.2 Å². The second-order valence-corrected chi connectivity index (χ2v) is 8.53. The van der Waals surface area contributed by atoms with Crippen molar-refractivity contribution in [1.29, 1.82) is 0 Å². The Labute approximate surface area is 194 Å². The van der Waals surface area contributed by atoms with E-state index < -0.39 is 18.0 Å². The molecular formula is C24H22N4O4S. The number of rotatable bonds is 6. The van der Waals surface area contributed by atoms with Gasteiger partial charge in [0.1, 0.15) is 0 Å². The summed E-state index contributed by atoms with van der Waals surface area (Å²) >= 11 is 1.51. The largest absolute Gasteiger partial charge is 0.449 e. The van der Waals surface area contributed by atoms with Crippen molar-refractivity contribution in [1.82, 2.24) is 14.8 Å². The van der Waals surface area contributed by atoms with Crippen molar-refractivity contribution >= 4 is 45.7 Å². The van der Waals surface area contributed by atoms with E-state index >= 15 is 0 Å². The van der Waals surface area contributed by atoms with Gasteiger partial charge < -0.3 is 10.1 Å². The summed E-state index contributed by atoms with van der Waals surface area (Å²) in [5.74, 6) is -1.37. The van der Waals surface area contributed by atoms with Gasteiger partial charge in [-0.2, -0.15) is 5.10 Å². The van der Waals surface area contributed by atoms with Crippen molar-refractivity contribution in [3.8, 4) is 10.6 Å². The number of nitrogens with one attached hydrogen (secondary N) is 1. The zero-order chi connectivity index (χ0) is 23.7. The number of esters is 1. The number of hydrogen-bond donors (Lipinski definition) is 1. The monoisotopic (exact) mass is 462 g/mol. The molecule has 168 valence electrons. The van der Waals surface area contributed by atoms with Gasteiger partial charge in [0.15, 0.2) is 17.5 Å². The first-order valence-corrected chi connectivity index (χ1v) is 11.1. The maximum absolute atomic E-state index is 13.2. The molecule has 4 rings (SSSR count). The minimum absolute atomic E-state index is 0.178. The number of Topliss-reactive ketones (excluding diaryl/α,β-unsaturated/α-hetero) is 1. The molecule has 0 saturated heterocycles. The molecule has 3 aromatic heterocycles. The molecule has 0 spiro atoms. The van der Waals surface area contributed by atoms with Crippen molar-refractivity contribution in [2.24, 2.45) is 7.05 Å². The molecule has 0 aliphatic rings. The molecule has 0 fully saturated rings. The van der Waals surface area contributed by atoms with Crippen molar-refractivity contribution in [2.75, 3.05) is 5.32 Å². The Morgan fingerprint density at radius 3 is 2.58 bits per heavy atom. The molecule has 0 saturated carbocycles. The topological polar surface area (TPSA) is 103 Å². The minimum atomic E-state index is -1.09. The fourth-order valence-corrected chi connectivity index (χ4v) is 4.25. The van der Waals surface area contributed by atoms with Gasteiger partial charge >= 0.3 is 5.97 Å². The predicted molar refractivity (Wildman–Crippen MR) is 127 cm³/mol. The molecular weight excluding hydrogens is 440 g/mol. The molecule has 1 unspecified atom stereocenters. The van der Waals surface area contributed by atoms with E-state index in [4.69, 9.17) is 4.74 Å². The number of hydrogen-bond acceptors (Lipinski definition) is 7. The Morgan fingerprint density at radius 1 is 1.12 bits per heavy atom. The van der Waals surface area contributed by atoms with Gasteiger partial charge in [0.25, 0.3) is 5.91 Å². The highest BCUT2D eigenvalue weighted by Gasteiger charge is 2.25. The summed E-state index contributed by atoms with van der Waals surface area (Å²) in [6.45, 7) is 4.70. The maximum atomic E-state index is 13.2. The first-order valence-electron chi connectivity index (χ1n) is 10.3. The Hall–Kier alpha value is -3.85. The van der Waals surface area contributed by atoms with E-state index in [0.717, 1.165) is 4.88 Å². The SMILES string of the molecule is CC(=O)c1ccccc1NC(=O)C(C)OC(=O)c1cc(-c2cccs2)nc2c1c(C)nn2C. The van der Waals surface area contributed by atoms with Crippen molar-refractivity contribution in [3.63, 3.8) is 0 Å². The average Bonchev–Trinajstić information content (AvgIpc) is 3.42. The third-order valence-electron chi connectivity index (χ3n) is 5.18. The number of aryl methyl sites for hydroxylation is 2. The average molecular weight is 463 g/mol. The van der Waals surface area contributed by atoms with Crippen LogP contribution in [0.3, 0.4) is 0 Å². The van der Waals surface area contributed by atoms with Crippen LogP contribution in [0.1, 0.15) is 40.3 Å². The lowest BCUT2D eigenvalue weighted by atomic mass is 10.1. The number of thiophene rings is 1. The normalized spacial score (nSPS) is 11.9. The van der Waals surface area contributed by atoms with Gasteiger partial charge in [-0.25, -0.2) is 9.78 Å². The number of pyridine rings is 1. The number of para-hydroxylation sites is 1. The van der Waals surface area contributed by atoms with E-state index in [9.17, 15) is 14.4 Å². The number of amides is 1. The number of carbonyl (C=O) groups is 3. The van der Waals surface area contributed by atoms with Crippen LogP contribution >= 0.6 is 11.3 Å². The van der Waals surface area contributed by atoms with E-state index in [-0.39, 0.29) is 11.3 Å². The van der Waals surface area contributed by atoms with Gasteiger partial charge in [0, 0.05) is 12.6 Å². The lowest BCUT2D eigenvalue weighted by Gasteiger charge is -2.15. The van der Waals surface area contributed by atoms with E-state index in [1.54, 1.807) is 49.0 Å². The van der Waals surface area contributed by atoms with Crippen molar-refractivity contribution in [2.45, 2.75) is 26.9 Å². The molecule has 4 aromatic rings. The minimum Gasteiger partial charge on any atom is -0.449 e. The maximum Gasteiger partial charge on any atom is 0.339 e. The Bertz CT molecular complexity index is 1370. The van der Waals surface area contributed by atoms with E-state index in [1.807, 2.05) is 17.5 Å². The number of nitrogens with zero attached hydrogens (tertiary/aromatic N) is 3. The molecule has 8 nitrogen and oxygen atoms in total. The van der Waals surface area contributed by atoms with E-state index in [0.29, 0.717) is 33.7 Å². The van der Waals surface area contributed by atoms with Crippen LogP contribution in [0, 0.1) is 6.92 Å². The van der Waals surface area contributed by atoms with E-state index in [2.05, 4.69) is 15.4 Å². The molecule has 1 N–H and O–H groups in total. The summed E-state index contributed by atoms with van der Waals surface area (Å²) in [7, 11) is 1.76. The Morgan fingerprint density at radius 2 is 1.88 bits per heavy atom. The highest BCUT2D eigenvalue weighted by molar-refractivity contribution is 7.13. The first-order chi connectivity index (χ1) is 15.8. The quantitative estimate of drug-likeness (QED) is 0.337. The van der Waals surface area contributed by atoms with Crippen molar-refractivity contribution in [3.05, 3.63) is 64.7 Å². The van der Waals surface area contributed by atoms with Gasteiger partial charge in [0.2, 0.25) is 0 Å². The lowest BCUT2D eigenvalue weighted by molar-refractivity contribution is -0.123. The van der Waals surface area contributed by atoms with Gasteiger partial charge in [0.05, 0.1) is 32.9 Å². The summed E-state index contributed by atoms with van der Waals surface area (Å²) in [6, 6.07) is 12.2. The van der Waals surface area contributed by atoms with Crippen molar-refractivity contribution < 1.29 is 19.1 Å². The van der Waals surface area contributed by atoms with Crippen LogP contribution in [0.4, 0.5) is 5.69 Å². The summed E-state index contributed by atoms with van der Waals surface area (Å²) in [5.41, 5.74) is 2.85. The second-order valence-electron chi connectivity index (χ2n) is 7.58. The van der Waals surface area contributed by atoms with Gasteiger partial charge in [-0.3, -0.25) is 14.3 Å². The fourth-order valence-electron chi connectivity index (χ4n) is 3.57. The zero-order valence-corrected chi connectivity index (χ0v) is 19.4. The molecule has 3 heterocycles. The lowest BCUT2D eigenvalue weighted by Crippen LogP contribution is -2.30. The predicted octanol–water partition coefficient (Wildman–Crippen LogP) is 4.39. The standard InChI is InChI=1S/C24H22N4O4S/c1-13-21-17(12-19(20-10-7-11-33-20)25-22(21)28(4)27-13)24(31)32-15(3)23(30)26-18-9-6-5-8-16(18)14(2)29/h5-12,15H,1-4H3,(H,26,30). The highest BCUT2D eigenvalue weighted by Crippen LogP contribution is 2.30. The van der Waals surface area contributed by atoms with Crippen LogP contribution in [0.2, 0.25) is 0 Å². The molecule has 0 aliphatic carbocycles. The van der Waals surface area contributed by atoms with Gasteiger partial charge in [-0.15, -0.1) is 11.3 Å². The highest BCUT2D eigenvalue weighted by atomic mass is 32.1. The van der Waals surface area contributed by atoms with Crippen LogP contribution in [0.25, 0.3) is 21.6 Å². The van der Waals surface area contributed by atoms with Gasteiger partial charge in [-0.05, 0) is 50.4 Å². The molecule has 1 amide bonds. The number of ether oxygens (including phenoxy) is 1. The second kappa shape index (κ2) is 8.95. The molecule has 9 heteroatoms. The summed E-state index contributed by atoms with van der Waals surface area (Å²) in [4.78, 5) is 43.3. The number of fused-ring (bicyclic) bond motifs is 1. The number of benzene rings is 1. The number of ketones is 1. The van der Waals surface area contributed by atoms with E-state index in [1.165, 1.54) is 25.2 Å². The third kappa shape index (κ3) is 4.40. The van der Waals surface area contributed by atoms with Crippen LogP contribution in [0.15, 0.2) is 47.8 Å². The van der Waals surface area contributed by atoms with Crippen LogP contribution in [-0.2, 0) is 16.6 Å². The number of aromatic nitrogens is 3. The van der Waals surface area contributed by atoms with Crippen LogP contribution < -0.4 is 5.32 Å². The molecule has 1 atom stereocenters. The Balaban J connectivity index is 1.62. The zero-order valence-electron chi connectivity index (χ0n) is 18.6. The molecule has 1 aromatic carbocycles. The number of anilines is 1. The molecule has 33 heavy (non-hydrogen) atoms. The first kappa shape index (κ1) is 22.3. The molecule has 0 bridgehead atoms. The Kier molecular flexibility index (Phi) is 6.06. The summed E-state index contributed by atoms with van der Waals surface area (Å²) < 4.78 is 7.14.